The van der Waals surface area contributed by atoms with Gasteiger partial charge < -0.3 is 0 Å². The molecule has 5 rings (SSSR count). The maximum absolute atomic E-state index is 13.5. The first-order chi connectivity index (χ1) is 17.7. The third kappa shape index (κ3) is 5.64. The van der Waals surface area contributed by atoms with Crippen molar-refractivity contribution >= 4 is 17.9 Å². The molecule has 0 aromatic heterocycles. The fraction of sp³-hybridized carbons (Fsp3) is 0.290. The molecule has 2 amide bonds. The second kappa shape index (κ2) is 11.5. The molecule has 0 radical (unpaired) electrons. The fourth-order valence-electron chi connectivity index (χ4n) is 5.26. The number of nitrogens with zero attached hydrogens (tertiary/aromatic N) is 3. The number of carbonyl (C=O) groups is 2. The average Bonchev–Trinajstić information content (AvgIpc) is 3.22. The first-order valence-electron chi connectivity index (χ1n) is 12.8. The van der Waals surface area contributed by atoms with Crippen molar-refractivity contribution in [2.45, 2.75) is 18.4 Å². The van der Waals surface area contributed by atoms with Gasteiger partial charge in [-0.25, -0.2) is 0 Å². The Kier molecular flexibility index (Phi) is 7.70. The van der Waals surface area contributed by atoms with Crippen molar-refractivity contribution < 1.29 is 9.59 Å². The van der Waals surface area contributed by atoms with Crippen LogP contribution in [-0.2, 0) is 9.59 Å². The summed E-state index contributed by atoms with van der Waals surface area (Å²) >= 11 is 0. The van der Waals surface area contributed by atoms with E-state index in [1.54, 1.807) is 0 Å². The Balaban J connectivity index is 1.20. The molecule has 2 aliphatic rings. The zero-order valence-electron chi connectivity index (χ0n) is 20.6. The molecule has 5 nitrogen and oxygen atoms in total. The van der Waals surface area contributed by atoms with Crippen LogP contribution in [0, 0.1) is 0 Å². The van der Waals surface area contributed by atoms with E-state index in [1.165, 1.54) is 10.5 Å². The Morgan fingerprint density at radius 1 is 0.750 bits per heavy atom. The van der Waals surface area contributed by atoms with Gasteiger partial charge in [-0.2, -0.15) is 0 Å². The van der Waals surface area contributed by atoms with Gasteiger partial charge in [0.1, 0.15) is 0 Å². The summed E-state index contributed by atoms with van der Waals surface area (Å²) in [7, 11) is 0. The molecular weight excluding hydrogens is 446 g/mol. The number of hydrogen-bond acceptors (Lipinski definition) is 4. The van der Waals surface area contributed by atoms with Crippen LogP contribution in [0.2, 0.25) is 0 Å². The topological polar surface area (TPSA) is 43.9 Å². The molecule has 5 heteroatoms. The molecule has 2 saturated heterocycles. The van der Waals surface area contributed by atoms with Crippen LogP contribution in [0.4, 0.5) is 0 Å². The van der Waals surface area contributed by atoms with Crippen molar-refractivity contribution in [2.75, 3.05) is 39.3 Å². The van der Waals surface area contributed by atoms with E-state index in [4.69, 9.17) is 0 Å². The monoisotopic (exact) mass is 479 g/mol. The summed E-state index contributed by atoms with van der Waals surface area (Å²) in [6.45, 7) is 4.67. The number of imide groups is 1. The largest absolute Gasteiger partial charge is 0.297 e. The Bertz CT molecular complexity index is 1130. The molecule has 3 aromatic carbocycles. The van der Waals surface area contributed by atoms with Crippen LogP contribution >= 0.6 is 0 Å². The lowest BCUT2D eigenvalue weighted by Crippen LogP contribution is -2.52. The van der Waals surface area contributed by atoms with Gasteiger partial charge in [0.25, 0.3) is 0 Å². The highest BCUT2D eigenvalue weighted by molar-refractivity contribution is 6.05. The van der Waals surface area contributed by atoms with Gasteiger partial charge in [0.2, 0.25) is 11.8 Å². The first kappa shape index (κ1) is 24.2. The van der Waals surface area contributed by atoms with E-state index >= 15 is 0 Å². The van der Waals surface area contributed by atoms with E-state index in [9.17, 15) is 9.59 Å². The second-order valence-corrected chi connectivity index (χ2v) is 9.59. The van der Waals surface area contributed by atoms with Gasteiger partial charge in [0.05, 0.1) is 12.5 Å². The molecule has 1 unspecified atom stereocenters. The highest BCUT2D eigenvalue weighted by Crippen LogP contribution is 2.29. The van der Waals surface area contributed by atoms with Crippen LogP contribution in [0.3, 0.4) is 0 Å². The zero-order valence-corrected chi connectivity index (χ0v) is 20.6. The van der Waals surface area contributed by atoms with Gasteiger partial charge >= 0.3 is 0 Å². The minimum Gasteiger partial charge on any atom is -0.297 e. The molecule has 0 aliphatic carbocycles. The van der Waals surface area contributed by atoms with E-state index in [2.05, 4.69) is 58.4 Å². The molecule has 0 saturated carbocycles. The number of likely N-dealkylation sites (tertiary alicyclic amines) is 1. The molecule has 2 heterocycles. The number of rotatable bonds is 8. The molecule has 3 aromatic rings. The van der Waals surface area contributed by atoms with E-state index in [0.29, 0.717) is 6.54 Å². The number of amides is 2. The van der Waals surface area contributed by atoms with E-state index in [-0.39, 0.29) is 30.2 Å². The van der Waals surface area contributed by atoms with Crippen LogP contribution < -0.4 is 0 Å². The lowest BCUT2D eigenvalue weighted by Gasteiger charge is -2.36. The number of benzene rings is 3. The lowest BCUT2D eigenvalue weighted by molar-refractivity contribution is -0.140. The molecule has 36 heavy (non-hydrogen) atoms. The first-order valence-corrected chi connectivity index (χ1v) is 12.8. The van der Waals surface area contributed by atoms with Gasteiger partial charge in [-0.05, 0) is 16.7 Å². The van der Waals surface area contributed by atoms with Crippen molar-refractivity contribution in [3.63, 3.8) is 0 Å². The second-order valence-electron chi connectivity index (χ2n) is 9.59. The fourth-order valence-corrected chi connectivity index (χ4v) is 5.26. The molecular formula is C31H33N3O2. The molecule has 0 spiro atoms. The molecule has 2 fully saturated rings. The highest BCUT2D eigenvalue weighted by Gasteiger charge is 2.43. The number of hydrogen-bond donors (Lipinski definition) is 0. The predicted molar refractivity (Wildman–Crippen MR) is 143 cm³/mol. The number of piperazine rings is 1. The molecule has 1 atom stereocenters. The van der Waals surface area contributed by atoms with Gasteiger partial charge in [0, 0.05) is 45.2 Å². The van der Waals surface area contributed by atoms with Crippen molar-refractivity contribution in [1.82, 2.24) is 14.7 Å². The summed E-state index contributed by atoms with van der Waals surface area (Å²) in [4.78, 5) is 32.6. The summed E-state index contributed by atoms with van der Waals surface area (Å²) in [5.41, 5.74) is 3.44. The van der Waals surface area contributed by atoms with Crippen molar-refractivity contribution in [2.24, 2.45) is 0 Å². The Hall–Kier alpha value is -3.54. The zero-order chi connectivity index (χ0) is 24.7. The minimum absolute atomic E-state index is 0.0349. The summed E-state index contributed by atoms with van der Waals surface area (Å²) in [6, 6.07) is 30.3. The van der Waals surface area contributed by atoms with Crippen molar-refractivity contribution in [3.8, 4) is 0 Å². The van der Waals surface area contributed by atoms with Gasteiger partial charge in [-0.1, -0.05) is 103 Å². The third-order valence-electron chi connectivity index (χ3n) is 7.31. The third-order valence-corrected chi connectivity index (χ3v) is 7.31. The predicted octanol–water partition coefficient (Wildman–Crippen LogP) is 4.28. The summed E-state index contributed by atoms with van der Waals surface area (Å²) in [6.07, 6.45) is 4.63. The van der Waals surface area contributed by atoms with Gasteiger partial charge in [-0.3, -0.25) is 24.3 Å². The molecule has 184 valence electrons. The average molecular weight is 480 g/mol. The Morgan fingerprint density at radius 2 is 1.31 bits per heavy atom. The normalized spacial score (nSPS) is 19.6. The van der Waals surface area contributed by atoms with Crippen LogP contribution in [0.15, 0.2) is 97.1 Å². The maximum atomic E-state index is 13.5. The van der Waals surface area contributed by atoms with Gasteiger partial charge in [0.15, 0.2) is 0 Å². The quantitative estimate of drug-likeness (QED) is 0.453. The van der Waals surface area contributed by atoms with Crippen LogP contribution in [0.25, 0.3) is 6.08 Å². The van der Waals surface area contributed by atoms with E-state index < -0.39 is 0 Å². The highest BCUT2D eigenvalue weighted by atomic mass is 16.2. The smallest absolute Gasteiger partial charge is 0.247 e. The molecule has 0 N–H and O–H groups in total. The lowest BCUT2D eigenvalue weighted by atomic mass is 9.91. The Morgan fingerprint density at radius 3 is 1.89 bits per heavy atom. The minimum atomic E-state index is -0.341. The number of carbonyl (C=O) groups excluding carboxylic acids is 2. The van der Waals surface area contributed by atoms with Crippen LogP contribution in [0.5, 0.6) is 0 Å². The van der Waals surface area contributed by atoms with Crippen LogP contribution in [0.1, 0.15) is 29.0 Å². The maximum Gasteiger partial charge on any atom is 0.247 e. The summed E-state index contributed by atoms with van der Waals surface area (Å²) in [5.74, 6) is -0.142. The van der Waals surface area contributed by atoms with Crippen molar-refractivity contribution in [3.05, 3.63) is 114 Å². The molecule has 2 aliphatic heterocycles. The summed E-state index contributed by atoms with van der Waals surface area (Å²) < 4.78 is 0. The van der Waals surface area contributed by atoms with E-state index in [1.807, 2.05) is 54.6 Å². The Labute approximate surface area is 213 Å². The standard InChI is InChI=1S/C31H33N3O2/c35-30-23-29(33-21-19-32(20-22-33)18-10-13-25-11-4-1-5-12-25)31(36)34(30)24-28(26-14-6-2-7-15-26)27-16-8-3-9-17-27/h1-17,28-29H,18-24H2. The van der Waals surface area contributed by atoms with Crippen LogP contribution in [-0.4, -0.2) is 71.8 Å². The van der Waals surface area contributed by atoms with Crippen molar-refractivity contribution in [1.29, 1.82) is 0 Å². The summed E-state index contributed by atoms with van der Waals surface area (Å²) in [5, 5.41) is 0. The van der Waals surface area contributed by atoms with Gasteiger partial charge in [-0.15, -0.1) is 0 Å². The van der Waals surface area contributed by atoms with E-state index in [0.717, 1.165) is 43.9 Å². The molecule has 0 bridgehead atoms. The SMILES string of the molecule is O=C1CC(N2CCN(CC=Cc3ccccc3)CC2)C(=O)N1CC(c1ccccc1)c1ccccc1.